The summed E-state index contributed by atoms with van der Waals surface area (Å²) >= 11 is 0. The summed E-state index contributed by atoms with van der Waals surface area (Å²) in [6.07, 6.45) is 0.585. The molecule has 29 heavy (non-hydrogen) atoms. The Labute approximate surface area is 170 Å². The third-order valence-corrected chi connectivity index (χ3v) is 7.18. The number of anilines is 1. The van der Waals surface area contributed by atoms with Gasteiger partial charge in [0.15, 0.2) is 16.4 Å². The van der Waals surface area contributed by atoms with E-state index in [-0.39, 0.29) is 35.8 Å². The van der Waals surface area contributed by atoms with Gasteiger partial charge >= 0.3 is 0 Å². The number of nitrogens with one attached hydrogen (secondary N) is 2. The molecule has 1 aromatic heterocycles. The van der Waals surface area contributed by atoms with Crippen LogP contribution in [0.1, 0.15) is 35.0 Å². The van der Waals surface area contributed by atoms with Crippen molar-refractivity contribution in [3.8, 4) is 0 Å². The van der Waals surface area contributed by atoms with E-state index in [0.717, 1.165) is 21.9 Å². The molecule has 1 saturated heterocycles. The number of sulfone groups is 1. The first-order valence-electron chi connectivity index (χ1n) is 9.68. The summed E-state index contributed by atoms with van der Waals surface area (Å²) in [5.74, 6) is -0.213. The highest BCUT2D eigenvalue weighted by Crippen LogP contribution is 2.26. The molecule has 1 unspecified atom stereocenters. The average molecular weight is 424 g/mol. The van der Waals surface area contributed by atoms with Gasteiger partial charge in [-0.15, -0.1) is 0 Å². The first kappa shape index (κ1) is 21.4. The van der Waals surface area contributed by atoms with E-state index < -0.39 is 9.84 Å². The van der Waals surface area contributed by atoms with E-state index in [2.05, 4.69) is 10.4 Å². The molecule has 7 nitrogen and oxygen atoms in total. The predicted octanol–water partition coefficient (Wildman–Crippen LogP) is 0.960. The molecule has 3 rings (SSSR count). The van der Waals surface area contributed by atoms with Crippen molar-refractivity contribution in [1.82, 2.24) is 9.78 Å². The van der Waals surface area contributed by atoms with Crippen LogP contribution in [-0.2, 0) is 21.2 Å². The first-order chi connectivity index (χ1) is 13.6. The van der Waals surface area contributed by atoms with Crippen LogP contribution in [0.15, 0.2) is 18.2 Å². The van der Waals surface area contributed by atoms with Crippen LogP contribution in [0.25, 0.3) is 0 Å². The number of benzene rings is 1. The van der Waals surface area contributed by atoms with Crippen LogP contribution < -0.4 is 10.2 Å². The highest BCUT2D eigenvalue weighted by Gasteiger charge is 2.32. The second-order valence-electron chi connectivity index (χ2n) is 7.97. The van der Waals surface area contributed by atoms with E-state index in [1.165, 1.54) is 6.07 Å². The monoisotopic (exact) mass is 423 g/mol. The highest BCUT2D eigenvalue weighted by atomic mass is 32.2. The SMILES string of the molecule is Cc1ccc(NC(=O)C[NH+](C)Cc2c(C)nn([C@H]3CCS(=O)(=O)C3)c2C)cc1F. The topological polar surface area (TPSA) is 85.5 Å². The second-order valence-corrected chi connectivity index (χ2v) is 10.2. The second kappa shape index (κ2) is 8.23. The lowest BCUT2D eigenvalue weighted by Gasteiger charge is -2.15. The van der Waals surface area contributed by atoms with Gasteiger partial charge in [0.1, 0.15) is 12.4 Å². The van der Waals surface area contributed by atoms with Crippen molar-refractivity contribution in [1.29, 1.82) is 0 Å². The molecule has 2 aromatic rings. The zero-order chi connectivity index (χ0) is 21.3. The number of aryl methyl sites for hydroxylation is 2. The van der Waals surface area contributed by atoms with E-state index in [1.54, 1.807) is 19.1 Å². The number of carbonyl (C=O) groups is 1. The molecule has 0 radical (unpaired) electrons. The molecule has 9 heteroatoms. The number of nitrogens with zero attached hydrogens (tertiary/aromatic N) is 2. The van der Waals surface area contributed by atoms with Gasteiger partial charge in [-0.25, -0.2) is 12.8 Å². The van der Waals surface area contributed by atoms with Crippen LogP contribution in [-0.4, -0.2) is 49.2 Å². The number of hydrogen-bond acceptors (Lipinski definition) is 4. The van der Waals surface area contributed by atoms with Crippen molar-refractivity contribution >= 4 is 21.4 Å². The van der Waals surface area contributed by atoms with Crippen LogP contribution in [0, 0.1) is 26.6 Å². The molecule has 1 fully saturated rings. The van der Waals surface area contributed by atoms with E-state index in [9.17, 15) is 17.6 Å². The average Bonchev–Trinajstić information content (AvgIpc) is 3.11. The van der Waals surface area contributed by atoms with Crippen molar-refractivity contribution in [2.75, 3.05) is 30.4 Å². The van der Waals surface area contributed by atoms with Crippen molar-refractivity contribution in [2.45, 2.75) is 39.8 Å². The number of halogens is 1. The Balaban J connectivity index is 1.63. The summed E-state index contributed by atoms with van der Waals surface area (Å²) in [4.78, 5) is 13.3. The third kappa shape index (κ3) is 5.02. The zero-order valence-electron chi connectivity index (χ0n) is 17.3. The summed E-state index contributed by atoms with van der Waals surface area (Å²) < 4.78 is 39.1. The summed E-state index contributed by atoms with van der Waals surface area (Å²) in [6.45, 7) is 6.34. The third-order valence-electron chi connectivity index (χ3n) is 5.43. The van der Waals surface area contributed by atoms with Crippen LogP contribution >= 0.6 is 0 Å². The molecule has 0 bridgehead atoms. The summed E-state index contributed by atoms with van der Waals surface area (Å²) in [6, 6.07) is 4.51. The van der Waals surface area contributed by atoms with Gasteiger partial charge in [0.05, 0.1) is 35.9 Å². The van der Waals surface area contributed by atoms with E-state index >= 15 is 0 Å². The van der Waals surface area contributed by atoms with Crippen LogP contribution in [0.3, 0.4) is 0 Å². The molecule has 2 N–H and O–H groups in total. The normalized spacial score (nSPS) is 19.3. The smallest absolute Gasteiger partial charge is 0.279 e. The molecule has 0 saturated carbocycles. The summed E-state index contributed by atoms with van der Waals surface area (Å²) in [5, 5.41) is 7.30. The zero-order valence-corrected chi connectivity index (χ0v) is 18.1. The fourth-order valence-corrected chi connectivity index (χ4v) is 5.48. The van der Waals surface area contributed by atoms with Gasteiger partial charge in [-0.2, -0.15) is 5.10 Å². The minimum absolute atomic E-state index is 0.118. The van der Waals surface area contributed by atoms with Gasteiger partial charge in [-0.1, -0.05) is 6.07 Å². The first-order valence-corrected chi connectivity index (χ1v) is 11.5. The lowest BCUT2D eigenvalue weighted by molar-refractivity contribution is -0.885. The molecule has 1 amide bonds. The molecule has 2 atom stereocenters. The van der Waals surface area contributed by atoms with Crippen molar-refractivity contribution in [2.24, 2.45) is 0 Å². The summed E-state index contributed by atoms with van der Waals surface area (Å²) in [7, 11) is -1.08. The van der Waals surface area contributed by atoms with Crippen molar-refractivity contribution in [3.63, 3.8) is 0 Å². The number of likely N-dealkylation sites (N-methyl/N-ethyl adjacent to an activating group) is 1. The number of aromatic nitrogens is 2. The van der Waals surface area contributed by atoms with E-state index in [4.69, 9.17) is 0 Å². The lowest BCUT2D eigenvalue weighted by Crippen LogP contribution is -3.08. The van der Waals surface area contributed by atoms with Gasteiger partial charge in [-0.3, -0.25) is 9.48 Å². The number of rotatable bonds is 6. The fourth-order valence-electron chi connectivity index (χ4n) is 3.79. The van der Waals surface area contributed by atoms with Gasteiger partial charge in [-0.05, 0) is 44.9 Å². The standard InChI is InChI=1S/C20H27FN4O3S/c1-13-5-6-16(9-19(13)21)22-20(26)11-24(4)10-18-14(2)23-25(15(18)3)17-7-8-29(27,28)12-17/h5-6,9,17H,7-8,10-12H2,1-4H3,(H,22,26)/p+1/t17-/m0/s1. The molecule has 1 aliphatic rings. The van der Waals surface area contributed by atoms with E-state index in [1.807, 2.05) is 25.6 Å². The molecule has 0 aliphatic carbocycles. The molecule has 1 aliphatic heterocycles. The van der Waals surface area contributed by atoms with Crippen molar-refractivity contribution < 1.29 is 22.5 Å². The van der Waals surface area contributed by atoms with Gasteiger partial charge in [0, 0.05) is 11.4 Å². The maximum Gasteiger partial charge on any atom is 0.279 e. The Morgan fingerprint density at radius 3 is 2.69 bits per heavy atom. The molecule has 158 valence electrons. The van der Waals surface area contributed by atoms with Crippen LogP contribution in [0.4, 0.5) is 10.1 Å². The Kier molecular flexibility index (Phi) is 6.09. The Morgan fingerprint density at radius 1 is 1.34 bits per heavy atom. The van der Waals surface area contributed by atoms with Gasteiger partial charge in [0.2, 0.25) is 0 Å². The maximum atomic E-state index is 13.6. The minimum Gasteiger partial charge on any atom is -0.326 e. The molecular weight excluding hydrogens is 395 g/mol. The van der Waals surface area contributed by atoms with E-state index in [0.29, 0.717) is 24.2 Å². The Morgan fingerprint density at radius 2 is 2.07 bits per heavy atom. The molecule has 0 spiro atoms. The van der Waals surface area contributed by atoms with Crippen LogP contribution in [0.2, 0.25) is 0 Å². The predicted molar refractivity (Wildman–Crippen MR) is 109 cm³/mol. The molecular formula is C20H28FN4O3S+. The van der Waals surface area contributed by atoms with Gasteiger partial charge < -0.3 is 10.2 Å². The Hall–Kier alpha value is -2.26. The number of hydrogen-bond donors (Lipinski definition) is 2. The van der Waals surface area contributed by atoms with Gasteiger partial charge in [0.25, 0.3) is 5.91 Å². The number of amides is 1. The number of quaternary nitrogens is 1. The molecule has 1 aromatic carbocycles. The van der Waals surface area contributed by atoms with Crippen LogP contribution in [0.5, 0.6) is 0 Å². The highest BCUT2D eigenvalue weighted by molar-refractivity contribution is 7.91. The van der Waals surface area contributed by atoms with Crippen molar-refractivity contribution in [3.05, 3.63) is 46.5 Å². The Bertz CT molecular complexity index is 1030. The number of carbonyl (C=O) groups excluding carboxylic acids is 1. The largest absolute Gasteiger partial charge is 0.326 e. The quantitative estimate of drug-likeness (QED) is 0.725. The minimum atomic E-state index is -2.98. The molecule has 2 heterocycles. The lowest BCUT2D eigenvalue weighted by atomic mass is 10.1. The fraction of sp³-hybridized carbons (Fsp3) is 0.500. The summed E-state index contributed by atoms with van der Waals surface area (Å²) in [5.41, 5.74) is 3.80. The maximum absolute atomic E-state index is 13.6.